The fourth-order valence-corrected chi connectivity index (χ4v) is 2.20. The third-order valence-electron chi connectivity index (χ3n) is 3.37. The molecule has 2 unspecified atom stereocenters. The summed E-state index contributed by atoms with van der Waals surface area (Å²) in [7, 11) is 0. The van der Waals surface area contributed by atoms with Gasteiger partial charge in [-0.1, -0.05) is 0 Å². The van der Waals surface area contributed by atoms with Crippen molar-refractivity contribution >= 4 is 5.91 Å². The molecule has 2 fully saturated rings. The number of aliphatic hydroxyl groups is 1. The summed E-state index contributed by atoms with van der Waals surface area (Å²) >= 11 is 0. The van der Waals surface area contributed by atoms with Gasteiger partial charge < -0.3 is 14.7 Å². The second-order valence-corrected chi connectivity index (χ2v) is 4.60. The minimum atomic E-state index is -4.69. The maximum absolute atomic E-state index is 12.5. The maximum atomic E-state index is 12.5. The minimum Gasteiger partial charge on any atom is -0.381 e. The Morgan fingerprint density at radius 3 is 2.65 bits per heavy atom. The minimum absolute atomic E-state index is 0.0503. The zero-order chi connectivity index (χ0) is 12.7. The predicted octanol–water partition coefficient (Wildman–Crippen LogP) is 0.549. The third-order valence-corrected chi connectivity index (χ3v) is 3.37. The molecular formula is C10H14F3NO3. The van der Waals surface area contributed by atoms with Gasteiger partial charge in [0.15, 0.2) is 5.60 Å². The molecule has 2 saturated heterocycles. The van der Waals surface area contributed by atoms with Crippen molar-refractivity contribution < 1.29 is 27.8 Å². The van der Waals surface area contributed by atoms with Crippen LogP contribution in [0.4, 0.5) is 13.2 Å². The fraction of sp³-hybridized carbons (Fsp3) is 0.900. The van der Waals surface area contributed by atoms with Gasteiger partial charge in [-0.15, -0.1) is 0 Å². The van der Waals surface area contributed by atoms with E-state index in [0.717, 1.165) is 4.90 Å². The molecule has 0 aliphatic carbocycles. The summed E-state index contributed by atoms with van der Waals surface area (Å²) in [5.74, 6) is -0.701. The van der Waals surface area contributed by atoms with Gasteiger partial charge in [-0.05, 0) is 6.42 Å². The Bertz CT molecular complexity index is 314. The molecule has 0 bridgehead atoms. The number of nitrogens with zero attached hydrogens (tertiary/aromatic N) is 1. The average molecular weight is 253 g/mol. The molecule has 2 aliphatic heterocycles. The van der Waals surface area contributed by atoms with Gasteiger partial charge in [-0.2, -0.15) is 13.2 Å². The Balaban J connectivity index is 2.00. The summed E-state index contributed by atoms with van der Waals surface area (Å²) in [6.45, 7) is 0.0186. The number of ether oxygens (including phenoxy) is 1. The Kier molecular flexibility index (Phi) is 3.07. The number of likely N-dealkylation sites (tertiary alicyclic amines) is 1. The van der Waals surface area contributed by atoms with Crippen LogP contribution in [-0.2, 0) is 9.53 Å². The number of carbonyl (C=O) groups excluding carboxylic acids is 1. The highest BCUT2D eigenvalue weighted by Crippen LogP contribution is 2.38. The van der Waals surface area contributed by atoms with E-state index in [1.807, 2.05) is 0 Å². The Hall–Kier alpha value is -0.820. The van der Waals surface area contributed by atoms with E-state index in [4.69, 9.17) is 4.74 Å². The van der Waals surface area contributed by atoms with Gasteiger partial charge in [0.1, 0.15) is 0 Å². The topological polar surface area (TPSA) is 49.8 Å². The maximum Gasteiger partial charge on any atom is 0.419 e. The number of hydrogen-bond acceptors (Lipinski definition) is 3. The molecule has 2 rings (SSSR count). The van der Waals surface area contributed by atoms with E-state index in [9.17, 15) is 23.1 Å². The molecule has 2 heterocycles. The van der Waals surface area contributed by atoms with Gasteiger partial charge in [0.25, 0.3) is 0 Å². The van der Waals surface area contributed by atoms with Crippen LogP contribution in [0.25, 0.3) is 0 Å². The summed E-state index contributed by atoms with van der Waals surface area (Å²) in [5.41, 5.74) is -2.75. The summed E-state index contributed by atoms with van der Waals surface area (Å²) in [5, 5.41) is 9.44. The standard InChI is InChI=1S/C10H14F3NO3/c11-10(12,13)9(16)2-3-14(6-9)8(15)7-1-4-17-5-7/h7,16H,1-6H2. The van der Waals surface area contributed by atoms with Crippen molar-refractivity contribution in [3.8, 4) is 0 Å². The van der Waals surface area contributed by atoms with Gasteiger partial charge in [-0.25, -0.2) is 0 Å². The molecule has 0 radical (unpaired) electrons. The summed E-state index contributed by atoms with van der Waals surface area (Å²) in [6.07, 6.45) is -4.59. The third kappa shape index (κ3) is 2.26. The normalized spacial score (nSPS) is 34.4. The molecule has 1 amide bonds. The molecular weight excluding hydrogens is 239 g/mol. The van der Waals surface area contributed by atoms with E-state index in [-0.39, 0.29) is 25.0 Å². The van der Waals surface area contributed by atoms with Gasteiger partial charge in [0.2, 0.25) is 5.91 Å². The number of hydrogen-bond donors (Lipinski definition) is 1. The van der Waals surface area contributed by atoms with E-state index in [2.05, 4.69) is 0 Å². The first kappa shape index (κ1) is 12.6. The number of rotatable bonds is 1. The Morgan fingerprint density at radius 1 is 1.47 bits per heavy atom. The van der Waals surface area contributed by atoms with Gasteiger partial charge in [0, 0.05) is 19.6 Å². The van der Waals surface area contributed by atoms with Crippen LogP contribution < -0.4 is 0 Å². The molecule has 1 N–H and O–H groups in total. The molecule has 0 aromatic rings. The lowest BCUT2D eigenvalue weighted by molar-refractivity contribution is -0.253. The first-order valence-electron chi connectivity index (χ1n) is 5.49. The highest BCUT2D eigenvalue weighted by atomic mass is 19.4. The van der Waals surface area contributed by atoms with Crippen LogP contribution in [-0.4, -0.2) is 54.0 Å². The molecule has 2 atom stereocenters. The molecule has 0 aromatic carbocycles. The first-order chi connectivity index (χ1) is 7.83. The first-order valence-corrected chi connectivity index (χ1v) is 5.49. The molecule has 17 heavy (non-hydrogen) atoms. The number of carbonyl (C=O) groups is 1. The van der Waals surface area contributed by atoms with Crippen LogP contribution in [0.2, 0.25) is 0 Å². The van der Waals surface area contributed by atoms with Crippen molar-refractivity contribution in [2.45, 2.75) is 24.6 Å². The lowest BCUT2D eigenvalue weighted by Crippen LogP contribution is -2.48. The van der Waals surface area contributed by atoms with Gasteiger partial charge in [0.05, 0.1) is 19.1 Å². The fourth-order valence-electron chi connectivity index (χ4n) is 2.20. The SMILES string of the molecule is O=C(C1CCOC1)N1CCC(O)(C(F)(F)F)C1. The van der Waals surface area contributed by atoms with E-state index in [1.54, 1.807) is 0 Å². The second-order valence-electron chi connectivity index (χ2n) is 4.60. The zero-order valence-corrected chi connectivity index (χ0v) is 9.16. The van der Waals surface area contributed by atoms with Crippen molar-refractivity contribution in [1.29, 1.82) is 0 Å². The highest BCUT2D eigenvalue weighted by molar-refractivity contribution is 5.79. The quantitative estimate of drug-likeness (QED) is 0.742. The van der Waals surface area contributed by atoms with E-state index >= 15 is 0 Å². The summed E-state index contributed by atoms with van der Waals surface area (Å²) in [6, 6.07) is 0. The number of halogens is 3. The second kappa shape index (κ2) is 4.13. The molecule has 0 aromatic heterocycles. The Labute approximate surface area is 96.3 Å². The smallest absolute Gasteiger partial charge is 0.381 e. The molecule has 4 nitrogen and oxygen atoms in total. The number of β-amino-alcohol motifs (C(OH)–C–C–N with tert-alkyl or cyclic N) is 1. The largest absolute Gasteiger partial charge is 0.419 e. The van der Waals surface area contributed by atoms with Crippen molar-refractivity contribution in [3.63, 3.8) is 0 Å². The van der Waals surface area contributed by atoms with E-state index in [0.29, 0.717) is 13.0 Å². The van der Waals surface area contributed by atoms with Crippen LogP contribution in [0.1, 0.15) is 12.8 Å². The summed E-state index contributed by atoms with van der Waals surface area (Å²) < 4.78 is 42.7. The molecule has 0 saturated carbocycles. The van der Waals surface area contributed by atoms with Crippen LogP contribution in [0.5, 0.6) is 0 Å². The number of alkyl halides is 3. The van der Waals surface area contributed by atoms with Crippen molar-refractivity contribution in [1.82, 2.24) is 4.90 Å². The number of amides is 1. The van der Waals surface area contributed by atoms with E-state index < -0.39 is 24.7 Å². The lowest BCUT2D eigenvalue weighted by Gasteiger charge is -2.26. The van der Waals surface area contributed by atoms with Gasteiger partial charge >= 0.3 is 6.18 Å². The molecule has 2 aliphatic rings. The monoisotopic (exact) mass is 253 g/mol. The molecule has 0 spiro atoms. The predicted molar refractivity (Wildman–Crippen MR) is 51.1 cm³/mol. The Morgan fingerprint density at radius 2 is 2.18 bits per heavy atom. The van der Waals surface area contributed by atoms with E-state index in [1.165, 1.54) is 0 Å². The van der Waals surface area contributed by atoms with Crippen molar-refractivity contribution in [3.05, 3.63) is 0 Å². The van der Waals surface area contributed by atoms with Crippen LogP contribution in [0.3, 0.4) is 0 Å². The molecule has 98 valence electrons. The van der Waals surface area contributed by atoms with Crippen LogP contribution >= 0.6 is 0 Å². The molecule has 7 heteroatoms. The van der Waals surface area contributed by atoms with Crippen LogP contribution in [0, 0.1) is 5.92 Å². The summed E-state index contributed by atoms with van der Waals surface area (Å²) in [4.78, 5) is 12.9. The lowest BCUT2D eigenvalue weighted by atomic mass is 10.0. The van der Waals surface area contributed by atoms with Crippen LogP contribution in [0.15, 0.2) is 0 Å². The average Bonchev–Trinajstić information content (AvgIpc) is 2.84. The van der Waals surface area contributed by atoms with Crippen molar-refractivity contribution in [2.75, 3.05) is 26.3 Å². The van der Waals surface area contributed by atoms with Crippen molar-refractivity contribution in [2.24, 2.45) is 5.92 Å². The zero-order valence-electron chi connectivity index (χ0n) is 9.16. The highest BCUT2D eigenvalue weighted by Gasteiger charge is 2.58. The van der Waals surface area contributed by atoms with Gasteiger partial charge in [-0.3, -0.25) is 4.79 Å².